The summed E-state index contributed by atoms with van der Waals surface area (Å²) < 4.78 is 5.02. The second kappa shape index (κ2) is 7.33. The van der Waals surface area contributed by atoms with Crippen molar-refractivity contribution in [3.05, 3.63) is 103 Å². The Kier molecular flexibility index (Phi) is 4.47. The number of nitrogens with one attached hydrogen (secondary N) is 1. The van der Waals surface area contributed by atoms with Gasteiger partial charge in [-0.25, -0.2) is 4.79 Å². The first-order valence-electron chi connectivity index (χ1n) is 11.2. The number of rotatable bonds is 2. The van der Waals surface area contributed by atoms with Gasteiger partial charge in [0.15, 0.2) is 0 Å². The predicted octanol–water partition coefficient (Wildman–Crippen LogP) is 4.89. The minimum absolute atomic E-state index is 0.202. The van der Waals surface area contributed by atoms with Gasteiger partial charge in [-0.1, -0.05) is 36.4 Å². The fourth-order valence-corrected chi connectivity index (χ4v) is 5.85. The van der Waals surface area contributed by atoms with Gasteiger partial charge >= 0.3 is 5.69 Å². The van der Waals surface area contributed by atoms with Crippen molar-refractivity contribution in [2.24, 2.45) is 14.1 Å². The van der Waals surface area contributed by atoms with E-state index < -0.39 is 0 Å². The van der Waals surface area contributed by atoms with E-state index >= 15 is 0 Å². The van der Waals surface area contributed by atoms with Gasteiger partial charge in [-0.2, -0.15) is 0 Å². The van der Waals surface area contributed by atoms with Crippen molar-refractivity contribution in [1.29, 1.82) is 0 Å². The molecule has 2 aromatic carbocycles. The predicted molar refractivity (Wildman–Crippen MR) is 138 cm³/mol. The molecule has 7 heteroatoms. The molecule has 170 valence electrons. The summed E-state index contributed by atoms with van der Waals surface area (Å²) in [6.07, 6.45) is 0. The molecular formula is C27H24N4O2S. The molecule has 1 N–H and O–H groups in total. The molecule has 5 aromatic rings. The quantitative estimate of drug-likeness (QED) is 0.401. The molecule has 1 atom stereocenters. The van der Waals surface area contributed by atoms with E-state index in [1.54, 1.807) is 30.0 Å². The molecule has 1 aliphatic heterocycles. The third kappa shape index (κ3) is 2.73. The zero-order chi connectivity index (χ0) is 23.7. The summed E-state index contributed by atoms with van der Waals surface area (Å²) in [4.78, 5) is 27.9. The average molecular weight is 469 g/mol. The van der Waals surface area contributed by atoms with Gasteiger partial charge in [0.2, 0.25) is 0 Å². The van der Waals surface area contributed by atoms with E-state index in [0.29, 0.717) is 10.9 Å². The first kappa shape index (κ1) is 20.7. The number of fused-ring (bicyclic) bond motifs is 5. The fraction of sp³-hybridized carbons (Fsp3) is 0.185. The third-order valence-electron chi connectivity index (χ3n) is 6.91. The number of aryl methyl sites for hydroxylation is 3. The zero-order valence-corrected chi connectivity index (χ0v) is 20.2. The van der Waals surface area contributed by atoms with Crippen LogP contribution in [0.4, 0.5) is 5.69 Å². The van der Waals surface area contributed by atoms with Crippen molar-refractivity contribution in [1.82, 2.24) is 13.7 Å². The first-order valence-corrected chi connectivity index (χ1v) is 12.1. The minimum atomic E-state index is -0.332. The van der Waals surface area contributed by atoms with E-state index in [1.165, 1.54) is 15.7 Å². The molecule has 4 heterocycles. The number of hydrogen-bond donors (Lipinski definition) is 1. The lowest BCUT2D eigenvalue weighted by molar-refractivity contribution is 0.709. The Bertz CT molecular complexity index is 1710. The van der Waals surface area contributed by atoms with Crippen LogP contribution in [0.1, 0.15) is 27.7 Å². The van der Waals surface area contributed by atoms with E-state index in [9.17, 15) is 9.59 Å². The minimum Gasteiger partial charge on any atom is -0.370 e. The van der Waals surface area contributed by atoms with E-state index in [0.717, 1.165) is 33.2 Å². The topological polar surface area (TPSA) is 61.0 Å². The first-order chi connectivity index (χ1) is 16.4. The lowest BCUT2D eigenvalue weighted by Gasteiger charge is -2.31. The van der Waals surface area contributed by atoms with Crippen LogP contribution < -0.4 is 16.6 Å². The van der Waals surface area contributed by atoms with Crippen LogP contribution >= 0.6 is 11.3 Å². The van der Waals surface area contributed by atoms with Crippen molar-refractivity contribution in [3.63, 3.8) is 0 Å². The van der Waals surface area contributed by atoms with Crippen molar-refractivity contribution >= 4 is 27.9 Å². The van der Waals surface area contributed by atoms with Crippen LogP contribution in [0.2, 0.25) is 0 Å². The molecule has 6 nitrogen and oxygen atoms in total. The standard InChI is InChI=1S/C27H24N4O2S/c1-15-13-18-19(14-16(15)2)31-23(17-9-6-5-7-10-17)21-24(29(3)27(33)30(4)26(21)32)25(31)22(28-18)20-11-8-12-34-20/h5-14,22,28H,1-4H3/t22-/m1/s1. The third-order valence-corrected chi connectivity index (χ3v) is 7.85. The number of anilines is 1. The maximum Gasteiger partial charge on any atom is 0.331 e. The molecular weight excluding hydrogens is 444 g/mol. The Hall–Kier alpha value is -3.84. The van der Waals surface area contributed by atoms with Crippen LogP contribution in [0.15, 0.2) is 69.6 Å². The van der Waals surface area contributed by atoms with Crippen molar-refractivity contribution < 1.29 is 0 Å². The van der Waals surface area contributed by atoms with Crippen LogP contribution in [-0.2, 0) is 14.1 Å². The number of aromatic nitrogens is 3. The second-order valence-corrected chi connectivity index (χ2v) is 9.89. The zero-order valence-electron chi connectivity index (χ0n) is 19.4. The van der Waals surface area contributed by atoms with Crippen LogP contribution in [-0.4, -0.2) is 13.7 Å². The monoisotopic (exact) mass is 468 g/mol. The molecule has 1 aliphatic rings. The Morgan fingerprint density at radius 2 is 1.65 bits per heavy atom. The number of thiophene rings is 1. The molecule has 0 fully saturated rings. The average Bonchev–Trinajstić information content (AvgIpc) is 3.49. The Morgan fingerprint density at radius 3 is 2.35 bits per heavy atom. The summed E-state index contributed by atoms with van der Waals surface area (Å²) in [5.74, 6) is 0. The van der Waals surface area contributed by atoms with Gasteiger partial charge in [-0.15, -0.1) is 11.3 Å². The van der Waals surface area contributed by atoms with Gasteiger partial charge in [0.05, 0.1) is 33.7 Å². The van der Waals surface area contributed by atoms with Gasteiger partial charge in [0.1, 0.15) is 6.04 Å². The van der Waals surface area contributed by atoms with E-state index in [1.807, 2.05) is 36.4 Å². The van der Waals surface area contributed by atoms with Crippen LogP contribution in [0, 0.1) is 13.8 Å². The van der Waals surface area contributed by atoms with Gasteiger partial charge < -0.3 is 9.88 Å². The molecule has 0 bridgehead atoms. The SMILES string of the molecule is Cc1cc2c(cc1C)-n1c(-c3ccccc3)c3c(=O)n(C)c(=O)n(C)c3c1[C@@H](c1cccs1)N2. The Morgan fingerprint density at radius 1 is 0.912 bits per heavy atom. The highest BCUT2D eigenvalue weighted by molar-refractivity contribution is 7.10. The van der Waals surface area contributed by atoms with Crippen LogP contribution in [0.5, 0.6) is 0 Å². The fourth-order valence-electron chi connectivity index (χ4n) is 5.07. The number of hydrogen-bond acceptors (Lipinski definition) is 4. The van der Waals surface area contributed by atoms with Crippen molar-refractivity contribution in [2.45, 2.75) is 19.9 Å². The van der Waals surface area contributed by atoms with Crippen molar-refractivity contribution in [2.75, 3.05) is 5.32 Å². The molecule has 0 saturated carbocycles. The van der Waals surface area contributed by atoms with Gasteiger partial charge in [0, 0.05) is 19.0 Å². The highest BCUT2D eigenvalue weighted by Crippen LogP contribution is 2.46. The maximum atomic E-state index is 13.7. The molecule has 3 aromatic heterocycles. The summed E-state index contributed by atoms with van der Waals surface area (Å²) in [6, 6.07) is 18.2. The second-order valence-electron chi connectivity index (χ2n) is 8.91. The van der Waals surface area contributed by atoms with Crippen LogP contribution in [0.3, 0.4) is 0 Å². The summed E-state index contributed by atoms with van der Waals surface area (Å²) in [5, 5.41) is 6.34. The molecule has 0 aliphatic carbocycles. The normalized spacial score (nSPS) is 14.6. The summed E-state index contributed by atoms with van der Waals surface area (Å²) in [6.45, 7) is 4.21. The summed E-state index contributed by atoms with van der Waals surface area (Å²) in [7, 11) is 3.30. The molecule has 0 saturated heterocycles. The molecule has 6 rings (SSSR count). The highest BCUT2D eigenvalue weighted by Gasteiger charge is 2.35. The largest absolute Gasteiger partial charge is 0.370 e. The molecule has 0 spiro atoms. The van der Waals surface area contributed by atoms with Crippen LogP contribution in [0.25, 0.3) is 27.8 Å². The smallest absolute Gasteiger partial charge is 0.331 e. The highest BCUT2D eigenvalue weighted by atomic mass is 32.1. The maximum absolute atomic E-state index is 13.7. The summed E-state index contributed by atoms with van der Waals surface area (Å²) in [5.41, 5.74) is 7.06. The lowest BCUT2D eigenvalue weighted by Crippen LogP contribution is -2.37. The van der Waals surface area contributed by atoms with Gasteiger partial charge in [-0.05, 0) is 54.1 Å². The van der Waals surface area contributed by atoms with E-state index in [-0.39, 0.29) is 17.3 Å². The lowest BCUT2D eigenvalue weighted by atomic mass is 10.0. The Balaban J connectivity index is 1.90. The number of nitrogens with zero attached hydrogens (tertiary/aromatic N) is 3. The van der Waals surface area contributed by atoms with E-state index in [2.05, 4.69) is 47.3 Å². The molecule has 0 unspecified atom stereocenters. The van der Waals surface area contributed by atoms with E-state index in [4.69, 9.17) is 0 Å². The molecule has 0 amide bonds. The number of benzene rings is 2. The van der Waals surface area contributed by atoms with Crippen molar-refractivity contribution in [3.8, 4) is 16.9 Å². The molecule has 0 radical (unpaired) electrons. The van der Waals surface area contributed by atoms with Gasteiger partial charge in [-0.3, -0.25) is 13.9 Å². The Labute approximate surface area is 200 Å². The molecule has 34 heavy (non-hydrogen) atoms. The van der Waals surface area contributed by atoms with Gasteiger partial charge in [0.25, 0.3) is 5.56 Å². The summed E-state index contributed by atoms with van der Waals surface area (Å²) >= 11 is 1.66.